The molecular formula is C11H15Cl2N3. The average Bonchev–Trinajstić information content (AvgIpc) is 2.25. The molecule has 1 aromatic heterocycles. The maximum absolute atomic E-state index is 6.13. The molecule has 3 nitrogen and oxygen atoms in total. The quantitative estimate of drug-likeness (QED) is 0.826. The molecule has 88 valence electrons. The van der Waals surface area contributed by atoms with Gasteiger partial charge in [0.2, 0.25) is 0 Å². The van der Waals surface area contributed by atoms with Crippen LogP contribution in [0.5, 0.6) is 0 Å². The zero-order chi connectivity index (χ0) is 11.5. The summed E-state index contributed by atoms with van der Waals surface area (Å²) >= 11 is 11.9. The van der Waals surface area contributed by atoms with E-state index in [2.05, 4.69) is 22.1 Å². The average molecular weight is 260 g/mol. The first kappa shape index (κ1) is 12.1. The summed E-state index contributed by atoms with van der Waals surface area (Å²) in [5, 5.41) is 4.51. The van der Waals surface area contributed by atoms with E-state index in [-0.39, 0.29) is 0 Å². The number of piperazine rings is 1. The first-order valence-corrected chi connectivity index (χ1v) is 6.17. The second-order valence-corrected chi connectivity index (χ2v) is 4.92. The van der Waals surface area contributed by atoms with Crippen molar-refractivity contribution in [2.24, 2.45) is 0 Å². The van der Waals surface area contributed by atoms with E-state index >= 15 is 0 Å². The van der Waals surface area contributed by atoms with Gasteiger partial charge in [-0.1, -0.05) is 23.2 Å². The van der Waals surface area contributed by atoms with Crippen LogP contribution in [0.15, 0.2) is 12.3 Å². The molecule has 0 aromatic carbocycles. The molecule has 16 heavy (non-hydrogen) atoms. The predicted octanol–water partition coefficient (Wildman–Crippen LogP) is 2.18. The SMILES string of the molecule is C[C@@H]1CNCCN1Cc1cnc(Cl)cc1Cl. The maximum Gasteiger partial charge on any atom is 0.130 e. The van der Waals surface area contributed by atoms with Gasteiger partial charge >= 0.3 is 0 Å². The van der Waals surface area contributed by atoms with E-state index in [9.17, 15) is 0 Å². The number of aromatic nitrogens is 1. The molecule has 0 unspecified atom stereocenters. The topological polar surface area (TPSA) is 28.2 Å². The Morgan fingerprint density at radius 2 is 2.38 bits per heavy atom. The van der Waals surface area contributed by atoms with Gasteiger partial charge in [0.05, 0.1) is 0 Å². The van der Waals surface area contributed by atoms with Gasteiger partial charge in [0, 0.05) is 49.0 Å². The number of hydrogen-bond acceptors (Lipinski definition) is 3. The van der Waals surface area contributed by atoms with Gasteiger partial charge in [-0.15, -0.1) is 0 Å². The summed E-state index contributed by atoms with van der Waals surface area (Å²) in [6, 6.07) is 2.23. The molecule has 5 heteroatoms. The minimum Gasteiger partial charge on any atom is -0.314 e. The summed E-state index contributed by atoms with van der Waals surface area (Å²) in [6.45, 7) is 6.15. The molecule has 0 bridgehead atoms. The van der Waals surface area contributed by atoms with Gasteiger partial charge in [0.1, 0.15) is 5.15 Å². The Bertz CT molecular complexity index is 370. The van der Waals surface area contributed by atoms with Crippen molar-refractivity contribution in [3.8, 4) is 0 Å². The Morgan fingerprint density at radius 3 is 3.06 bits per heavy atom. The van der Waals surface area contributed by atoms with Crippen molar-refractivity contribution in [3.63, 3.8) is 0 Å². The van der Waals surface area contributed by atoms with Gasteiger partial charge < -0.3 is 5.32 Å². The van der Waals surface area contributed by atoms with Crippen LogP contribution in [0, 0.1) is 0 Å². The molecular weight excluding hydrogens is 245 g/mol. The highest BCUT2D eigenvalue weighted by molar-refractivity contribution is 6.34. The van der Waals surface area contributed by atoms with Crippen molar-refractivity contribution in [3.05, 3.63) is 28.0 Å². The van der Waals surface area contributed by atoms with Gasteiger partial charge in [-0.2, -0.15) is 0 Å². The molecule has 1 atom stereocenters. The Morgan fingerprint density at radius 1 is 1.56 bits per heavy atom. The van der Waals surface area contributed by atoms with Crippen LogP contribution in [-0.2, 0) is 6.54 Å². The highest BCUT2D eigenvalue weighted by Crippen LogP contribution is 2.21. The van der Waals surface area contributed by atoms with Gasteiger partial charge in [0.25, 0.3) is 0 Å². The number of halogens is 2. The molecule has 1 fully saturated rings. The third-order valence-electron chi connectivity index (χ3n) is 2.91. The Hall–Kier alpha value is -0.350. The molecule has 0 spiro atoms. The third kappa shape index (κ3) is 2.86. The molecule has 1 N–H and O–H groups in total. The summed E-state index contributed by atoms with van der Waals surface area (Å²) in [5.74, 6) is 0. The smallest absolute Gasteiger partial charge is 0.130 e. The zero-order valence-electron chi connectivity index (χ0n) is 9.21. The van der Waals surface area contributed by atoms with Crippen molar-refractivity contribution in [1.29, 1.82) is 0 Å². The standard InChI is InChI=1S/C11H15Cl2N3/c1-8-5-14-2-3-16(8)7-9-6-15-11(13)4-10(9)12/h4,6,8,14H,2-3,5,7H2,1H3/t8-/m1/s1. The molecule has 0 radical (unpaired) electrons. The Labute approximate surface area is 106 Å². The summed E-state index contributed by atoms with van der Waals surface area (Å²) in [4.78, 5) is 6.47. The number of nitrogens with zero attached hydrogens (tertiary/aromatic N) is 2. The predicted molar refractivity (Wildman–Crippen MR) is 67.0 cm³/mol. The number of hydrogen-bond donors (Lipinski definition) is 1. The molecule has 0 amide bonds. The lowest BCUT2D eigenvalue weighted by Crippen LogP contribution is -2.49. The second kappa shape index (κ2) is 5.32. The van der Waals surface area contributed by atoms with Crippen LogP contribution in [0.4, 0.5) is 0 Å². The van der Waals surface area contributed by atoms with E-state index in [1.54, 1.807) is 12.3 Å². The largest absolute Gasteiger partial charge is 0.314 e. The molecule has 0 aliphatic carbocycles. The molecule has 1 aromatic rings. The summed E-state index contributed by atoms with van der Waals surface area (Å²) in [7, 11) is 0. The first-order valence-electron chi connectivity index (χ1n) is 5.41. The van der Waals surface area contributed by atoms with Crippen LogP contribution in [0.25, 0.3) is 0 Å². The number of nitrogens with one attached hydrogen (secondary N) is 1. The lowest BCUT2D eigenvalue weighted by molar-refractivity contribution is 0.165. The molecule has 1 aliphatic heterocycles. The lowest BCUT2D eigenvalue weighted by atomic mass is 10.2. The van der Waals surface area contributed by atoms with Gasteiger partial charge in [-0.05, 0) is 13.0 Å². The van der Waals surface area contributed by atoms with Crippen molar-refractivity contribution >= 4 is 23.2 Å². The van der Waals surface area contributed by atoms with Gasteiger partial charge in [0.15, 0.2) is 0 Å². The molecule has 2 rings (SSSR count). The van der Waals surface area contributed by atoms with Crippen LogP contribution >= 0.6 is 23.2 Å². The third-order valence-corrected chi connectivity index (χ3v) is 3.47. The number of rotatable bonds is 2. The van der Waals surface area contributed by atoms with E-state index in [1.165, 1.54) is 0 Å². The van der Waals surface area contributed by atoms with Crippen LogP contribution in [0.2, 0.25) is 10.2 Å². The fourth-order valence-corrected chi connectivity index (χ4v) is 2.31. The van der Waals surface area contributed by atoms with Crippen LogP contribution in [0.3, 0.4) is 0 Å². The fraction of sp³-hybridized carbons (Fsp3) is 0.545. The summed E-state index contributed by atoms with van der Waals surface area (Å²) < 4.78 is 0. The van der Waals surface area contributed by atoms with Crippen molar-refractivity contribution < 1.29 is 0 Å². The Balaban J connectivity index is 2.07. The highest BCUT2D eigenvalue weighted by Gasteiger charge is 2.18. The molecule has 2 heterocycles. The van der Waals surface area contributed by atoms with Crippen molar-refractivity contribution in [2.45, 2.75) is 19.5 Å². The molecule has 1 aliphatic rings. The second-order valence-electron chi connectivity index (χ2n) is 4.12. The summed E-state index contributed by atoms with van der Waals surface area (Å²) in [6.07, 6.45) is 1.76. The van der Waals surface area contributed by atoms with E-state index in [4.69, 9.17) is 23.2 Å². The lowest BCUT2D eigenvalue weighted by Gasteiger charge is -2.33. The van der Waals surface area contributed by atoms with Crippen molar-refractivity contribution in [1.82, 2.24) is 15.2 Å². The Kier molecular flexibility index (Phi) is 4.03. The number of pyridine rings is 1. The van der Waals surface area contributed by atoms with E-state index in [0.717, 1.165) is 31.7 Å². The normalized spacial score (nSPS) is 22.3. The van der Waals surface area contributed by atoms with Crippen LogP contribution in [-0.4, -0.2) is 35.6 Å². The van der Waals surface area contributed by atoms with Crippen LogP contribution < -0.4 is 5.32 Å². The highest BCUT2D eigenvalue weighted by atomic mass is 35.5. The fourth-order valence-electron chi connectivity index (χ4n) is 1.89. The van der Waals surface area contributed by atoms with Gasteiger partial charge in [-0.25, -0.2) is 4.98 Å². The minimum atomic E-state index is 0.446. The monoisotopic (exact) mass is 259 g/mol. The van der Waals surface area contributed by atoms with Crippen molar-refractivity contribution in [2.75, 3.05) is 19.6 Å². The van der Waals surface area contributed by atoms with Gasteiger partial charge in [-0.3, -0.25) is 4.90 Å². The zero-order valence-corrected chi connectivity index (χ0v) is 10.7. The summed E-state index contributed by atoms with van der Waals surface area (Å²) in [5.41, 5.74) is 1.04. The van der Waals surface area contributed by atoms with E-state index in [1.807, 2.05) is 0 Å². The van der Waals surface area contributed by atoms with Crippen LogP contribution in [0.1, 0.15) is 12.5 Å². The first-order chi connectivity index (χ1) is 7.66. The van der Waals surface area contributed by atoms with E-state index < -0.39 is 0 Å². The van der Waals surface area contributed by atoms with E-state index in [0.29, 0.717) is 16.2 Å². The maximum atomic E-state index is 6.13. The minimum absolute atomic E-state index is 0.446. The molecule has 1 saturated heterocycles. The molecule has 0 saturated carbocycles.